The molecular weight excluding hydrogens is 211 g/mol. The van der Waals surface area contributed by atoms with Gasteiger partial charge in [-0.1, -0.05) is 11.6 Å². The van der Waals surface area contributed by atoms with Crippen LogP contribution in [-0.4, -0.2) is 0 Å². The van der Waals surface area contributed by atoms with E-state index in [9.17, 15) is 4.79 Å². The fraction of sp³-hybridized carbons (Fsp3) is 0.444. The predicted molar refractivity (Wildman–Crippen MR) is 51.6 cm³/mol. The van der Waals surface area contributed by atoms with Gasteiger partial charge in [-0.3, -0.25) is 0 Å². The van der Waals surface area contributed by atoms with Crippen molar-refractivity contribution in [1.29, 1.82) is 0 Å². The van der Waals surface area contributed by atoms with Gasteiger partial charge >= 0.3 is 5.63 Å². The first-order valence-electron chi connectivity index (χ1n) is 4.20. The highest BCUT2D eigenvalue weighted by molar-refractivity contribution is 6.41. The average molecular weight is 219 g/mol. The molecule has 4 heteroatoms. The van der Waals surface area contributed by atoms with E-state index in [-0.39, 0.29) is 10.8 Å². The number of hydrogen-bond donors (Lipinski definition) is 0. The zero-order valence-corrected chi connectivity index (χ0v) is 8.41. The minimum Gasteiger partial charge on any atom is -0.409 e. The van der Waals surface area contributed by atoms with Crippen LogP contribution in [0, 0.1) is 0 Å². The highest BCUT2D eigenvalue weighted by Gasteiger charge is 2.19. The highest BCUT2D eigenvalue weighted by Crippen LogP contribution is 2.30. The van der Waals surface area contributed by atoms with Crippen molar-refractivity contribution in [2.24, 2.45) is 0 Å². The third-order valence-corrected chi connectivity index (χ3v) is 3.10. The summed E-state index contributed by atoms with van der Waals surface area (Å²) in [5, 5.41) is 0.434. The van der Waals surface area contributed by atoms with E-state index < -0.39 is 0 Å². The summed E-state index contributed by atoms with van der Waals surface area (Å²) in [6.45, 7) is 0. The molecule has 0 fully saturated rings. The lowest BCUT2D eigenvalue weighted by atomic mass is 9.94. The lowest BCUT2D eigenvalue weighted by Gasteiger charge is -2.14. The van der Waals surface area contributed by atoms with E-state index in [1.54, 1.807) is 0 Å². The lowest BCUT2D eigenvalue weighted by molar-refractivity contribution is 0.490. The first kappa shape index (κ1) is 9.10. The summed E-state index contributed by atoms with van der Waals surface area (Å²) in [6.07, 6.45) is 3.68. The second-order valence-corrected chi connectivity index (χ2v) is 3.86. The molecule has 0 aromatic carbocycles. The van der Waals surface area contributed by atoms with Gasteiger partial charge in [0.25, 0.3) is 0 Å². The molecule has 2 rings (SSSR count). The van der Waals surface area contributed by atoms with Crippen LogP contribution in [0.3, 0.4) is 0 Å². The Labute approximate surface area is 85.5 Å². The Bertz CT molecular complexity index is 395. The van der Waals surface area contributed by atoms with Gasteiger partial charge in [0.15, 0.2) is 0 Å². The summed E-state index contributed by atoms with van der Waals surface area (Å²) < 4.78 is 4.78. The van der Waals surface area contributed by atoms with Gasteiger partial charge in [-0.15, -0.1) is 0 Å². The predicted octanol–water partition coefficient (Wildman–Crippen LogP) is 2.83. The summed E-state index contributed by atoms with van der Waals surface area (Å²) in [5.74, 6) is 0. The van der Waals surface area contributed by atoms with Crippen molar-refractivity contribution >= 4 is 23.2 Å². The normalized spacial score (nSPS) is 15.5. The number of rotatable bonds is 0. The van der Waals surface area contributed by atoms with Crippen LogP contribution in [0.4, 0.5) is 0 Å². The van der Waals surface area contributed by atoms with Crippen LogP contribution < -0.4 is 5.63 Å². The zero-order chi connectivity index (χ0) is 9.42. The first-order valence-corrected chi connectivity index (χ1v) is 4.95. The second kappa shape index (κ2) is 3.35. The van der Waals surface area contributed by atoms with Crippen LogP contribution in [0.1, 0.15) is 24.0 Å². The van der Waals surface area contributed by atoms with Crippen LogP contribution >= 0.6 is 23.2 Å². The molecule has 0 amide bonds. The Balaban J connectivity index is 2.70. The lowest BCUT2D eigenvalue weighted by Crippen LogP contribution is -2.15. The highest BCUT2D eigenvalue weighted by atomic mass is 35.5. The minimum absolute atomic E-state index is 0.0207. The summed E-state index contributed by atoms with van der Waals surface area (Å²) in [7, 11) is 0. The molecule has 1 aromatic heterocycles. The summed E-state index contributed by atoms with van der Waals surface area (Å²) in [6, 6.07) is 0. The van der Waals surface area contributed by atoms with Gasteiger partial charge in [0.05, 0.1) is 5.02 Å². The van der Waals surface area contributed by atoms with E-state index in [1.807, 2.05) is 0 Å². The van der Waals surface area contributed by atoms with E-state index >= 15 is 0 Å². The Kier molecular flexibility index (Phi) is 2.35. The average Bonchev–Trinajstić information content (AvgIpc) is 2.15. The molecule has 0 bridgehead atoms. The minimum atomic E-state index is -0.330. The molecule has 0 saturated heterocycles. The molecule has 1 aromatic rings. The number of fused-ring (bicyclic) bond motifs is 1. The quantitative estimate of drug-likeness (QED) is 0.671. The fourth-order valence-corrected chi connectivity index (χ4v) is 2.11. The molecule has 0 saturated carbocycles. The van der Waals surface area contributed by atoms with E-state index in [4.69, 9.17) is 27.6 Å². The number of hydrogen-bond acceptors (Lipinski definition) is 2. The van der Waals surface area contributed by atoms with Gasteiger partial charge < -0.3 is 4.42 Å². The zero-order valence-electron chi connectivity index (χ0n) is 6.90. The van der Waals surface area contributed by atoms with Crippen molar-refractivity contribution < 1.29 is 4.42 Å². The molecule has 1 heterocycles. The third-order valence-electron chi connectivity index (χ3n) is 2.33. The van der Waals surface area contributed by atoms with E-state index in [0.29, 0.717) is 10.6 Å². The van der Waals surface area contributed by atoms with Crippen molar-refractivity contribution in [3.63, 3.8) is 0 Å². The molecule has 0 aliphatic heterocycles. The monoisotopic (exact) mass is 218 g/mol. The maximum absolute atomic E-state index is 11.3. The smallest absolute Gasteiger partial charge is 0.340 e. The molecule has 70 valence electrons. The Hall–Kier alpha value is -0.470. The maximum Gasteiger partial charge on any atom is 0.340 e. The molecule has 0 N–H and O–H groups in total. The Morgan fingerprint density at radius 3 is 2.38 bits per heavy atom. The van der Waals surface area contributed by atoms with Gasteiger partial charge in [0.1, 0.15) is 0 Å². The van der Waals surface area contributed by atoms with Crippen LogP contribution in [0.15, 0.2) is 9.21 Å². The standard InChI is InChI=1S/C9H8Cl2O2/c10-7-5-3-1-2-4-6(5)9(12)13-8(7)11/h1-4H2. The van der Waals surface area contributed by atoms with E-state index in [1.165, 1.54) is 0 Å². The van der Waals surface area contributed by atoms with Crippen molar-refractivity contribution in [1.82, 2.24) is 0 Å². The van der Waals surface area contributed by atoms with Crippen molar-refractivity contribution in [3.05, 3.63) is 31.8 Å². The largest absolute Gasteiger partial charge is 0.409 e. The van der Waals surface area contributed by atoms with E-state index in [0.717, 1.165) is 31.2 Å². The summed E-state index contributed by atoms with van der Waals surface area (Å²) in [4.78, 5) is 11.3. The Morgan fingerprint density at radius 2 is 1.69 bits per heavy atom. The van der Waals surface area contributed by atoms with Gasteiger partial charge in [-0.05, 0) is 42.8 Å². The van der Waals surface area contributed by atoms with Crippen LogP contribution in [0.5, 0.6) is 0 Å². The third kappa shape index (κ3) is 1.49. The maximum atomic E-state index is 11.3. The van der Waals surface area contributed by atoms with Gasteiger partial charge in [-0.2, -0.15) is 0 Å². The van der Waals surface area contributed by atoms with Gasteiger partial charge in [-0.25, -0.2) is 4.79 Å². The van der Waals surface area contributed by atoms with Crippen LogP contribution in [-0.2, 0) is 12.8 Å². The molecule has 0 spiro atoms. The second-order valence-electron chi connectivity index (χ2n) is 3.14. The summed E-state index contributed by atoms with van der Waals surface area (Å²) >= 11 is 11.6. The fourth-order valence-electron chi connectivity index (χ4n) is 1.68. The van der Waals surface area contributed by atoms with Gasteiger partial charge in [0.2, 0.25) is 5.22 Å². The topological polar surface area (TPSA) is 30.2 Å². The molecule has 0 unspecified atom stereocenters. The van der Waals surface area contributed by atoms with Crippen molar-refractivity contribution in [2.75, 3.05) is 0 Å². The van der Waals surface area contributed by atoms with Gasteiger partial charge in [0, 0.05) is 5.56 Å². The van der Waals surface area contributed by atoms with E-state index in [2.05, 4.69) is 0 Å². The molecule has 13 heavy (non-hydrogen) atoms. The Morgan fingerprint density at radius 1 is 1.08 bits per heavy atom. The van der Waals surface area contributed by atoms with Crippen molar-refractivity contribution in [2.45, 2.75) is 25.7 Å². The SMILES string of the molecule is O=c1oc(Cl)c(Cl)c2c1CCCC2. The molecule has 2 nitrogen and oxygen atoms in total. The van der Waals surface area contributed by atoms with Crippen LogP contribution in [0.2, 0.25) is 10.2 Å². The van der Waals surface area contributed by atoms with Crippen LogP contribution in [0.25, 0.3) is 0 Å². The number of halogens is 2. The van der Waals surface area contributed by atoms with Crippen molar-refractivity contribution in [3.8, 4) is 0 Å². The molecule has 0 atom stereocenters. The molecule has 0 radical (unpaired) electrons. The summed E-state index contributed by atoms with van der Waals surface area (Å²) in [5.41, 5.74) is 1.26. The molecular formula is C9H8Cl2O2. The molecule has 1 aliphatic carbocycles. The first-order chi connectivity index (χ1) is 6.20. The molecule has 1 aliphatic rings.